The Labute approximate surface area is 170 Å². The number of urea groups is 1. The van der Waals surface area contributed by atoms with Crippen molar-refractivity contribution in [2.24, 2.45) is 0 Å². The molecular formula is C20H28N4O5. The minimum absolute atomic E-state index is 0.138. The van der Waals surface area contributed by atoms with Gasteiger partial charge < -0.3 is 29.4 Å². The Morgan fingerprint density at radius 3 is 2.62 bits per heavy atom. The van der Waals surface area contributed by atoms with Gasteiger partial charge in [0.15, 0.2) is 5.69 Å². The summed E-state index contributed by atoms with van der Waals surface area (Å²) in [5.41, 5.74) is 0.716. The molecule has 1 aromatic heterocycles. The smallest absolute Gasteiger partial charge is 0.322 e. The summed E-state index contributed by atoms with van der Waals surface area (Å²) in [5.74, 6) is 1.10. The van der Waals surface area contributed by atoms with Gasteiger partial charge >= 0.3 is 6.03 Å². The van der Waals surface area contributed by atoms with Gasteiger partial charge in [-0.1, -0.05) is 13.8 Å². The van der Waals surface area contributed by atoms with Crippen molar-refractivity contribution in [2.75, 3.05) is 32.6 Å². The van der Waals surface area contributed by atoms with Gasteiger partial charge in [-0.3, -0.25) is 4.79 Å². The molecular weight excluding hydrogens is 376 g/mol. The van der Waals surface area contributed by atoms with Crippen LogP contribution in [0.2, 0.25) is 0 Å². The van der Waals surface area contributed by atoms with Crippen molar-refractivity contribution in [3.63, 3.8) is 0 Å². The zero-order valence-electron chi connectivity index (χ0n) is 17.3. The maximum absolute atomic E-state index is 12.8. The lowest BCUT2D eigenvalue weighted by Crippen LogP contribution is -2.35. The highest BCUT2D eigenvalue weighted by atomic mass is 16.5. The van der Waals surface area contributed by atoms with E-state index in [9.17, 15) is 9.59 Å². The van der Waals surface area contributed by atoms with Gasteiger partial charge in [-0.25, -0.2) is 9.78 Å². The molecule has 0 aliphatic carbocycles. The Morgan fingerprint density at radius 2 is 1.97 bits per heavy atom. The number of ether oxygens (including phenoxy) is 2. The highest BCUT2D eigenvalue weighted by molar-refractivity contribution is 5.92. The Bertz CT molecular complexity index is 821. The molecule has 9 nitrogen and oxygen atoms in total. The average molecular weight is 404 g/mol. The molecule has 2 aromatic rings. The number of aromatic nitrogens is 1. The molecule has 0 radical (unpaired) electrons. The van der Waals surface area contributed by atoms with E-state index in [1.807, 2.05) is 13.8 Å². The first-order valence-corrected chi connectivity index (χ1v) is 9.52. The Morgan fingerprint density at radius 1 is 1.17 bits per heavy atom. The maximum atomic E-state index is 12.8. The van der Waals surface area contributed by atoms with Crippen LogP contribution in [0.3, 0.4) is 0 Å². The lowest BCUT2D eigenvalue weighted by molar-refractivity contribution is 0.0948. The third kappa shape index (κ3) is 6.13. The monoisotopic (exact) mass is 404 g/mol. The third-order valence-electron chi connectivity index (χ3n) is 4.08. The van der Waals surface area contributed by atoms with E-state index >= 15 is 0 Å². The molecule has 0 spiro atoms. The van der Waals surface area contributed by atoms with E-state index in [2.05, 4.69) is 15.6 Å². The number of methoxy groups -OCH3 is 2. The highest BCUT2D eigenvalue weighted by Gasteiger charge is 2.19. The quantitative estimate of drug-likeness (QED) is 0.629. The normalized spacial score (nSPS) is 10.3. The highest BCUT2D eigenvalue weighted by Crippen LogP contribution is 2.29. The van der Waals surface area contributed by atoms with Crippen LogP contribution in [0.4, 0.5) is 10.5 Å². The van der Waals surface area contributed by atoms with Gasteiger partial charge in [0.2, 0.25) is 5.89 Å². The second-order valence-corrected chi connectivity index (χ2v) is 6.30. The van der Waals surface area contributed by atoms with Gasteiger partial charge in [0.05, 0.1) is 26.5 Å². The van der Waals surface area contributed by atoms with E-state index in [4.69, 9.17) is 13.9 Å². The molecule has 0 saturated heterocycles. The first-order chi connectivity index (χ1) is 14.0. The van der Waals surface area contributed by atoms with E-state index in [1.54, 1.807) is 30.2 Å². The van der Waals surface area contributed by atoms with Crippen LogP contribution in [0.1, 0.15) is 43.1 Å². The molecule has 0 aliphatic rings. The molecule has 2 rings (SSSR count). The molecule has 1 aromatic carbocycles. The van der Waals surface area contributed by atoms with Crippen molar-refractivity contribution >= 4 is 17.6 Å². The standard InChI is InChI=1S/C20H28N4O5/c1-5-9-21-19(25)16-13-29-18(22-16)12-24(10-6-2)20(26)23-15-8-7-14(27-3)11-17(15)28-4/h7-8,11,13H,5-6,9-10,12H2,1-4H3,(H,21,25)(H,23,26). The maximum Gasteiger partial charge on any atom is 0.322 e. The molecule has 0 bridgehead atoms. The number of rotatable bonds is 10. The number of amides is 3. The lowest BCUT2D eigenvalue weighted by atomic mass is 10.2. The number of nitrogens with zero attached hydrogens (tertiary/aromatic N) is 2. The van der Waals surface area contributed by atoms with Crippen molar-refractivity contribution in [3.05, 3.63) is 36.0 Å². The molecule has 158 valence electrons. The molecule has 1 heterocycles. The SMILES string of the molecule is CCCNC(=O)c1coc(CN(CCC)C(=O)Nc2ccc(OC)cc2OC)n1. The molecule has 29 heavy (non-hydrogen) atoms. The summed E-state index contributed by atoms with van der Waals surface area (Å²) in [5, 5.41) is 5.57. The van der Waals surface area contributed by atoms with Gasteiger partial charge in [-0.05, 0) is 25.0 Å². The van der Waals surface area contributed by atoms with Crippen LogP contribution in [0.25, 0.3) is 0 Å². The summed E-state index contributed by atoms with van der Waals surface area (Å²) < 4.78 is 15.9. The van der Waals surface area contributed by atoms with Crippen molar-refractivity contribution in [2.45, 2.75) is 33.2 Å². The average Bonchev–Trinajstić information content (AvgIpc) is 3.20. The summed E-state index contributed by atoms with van der Waals surface area (Å²) in [6.07, 6.45) is 2.88. The number of benzene rings is 1. The Kier molecular flexibility index (Phi) is 8.32. The summed E-state index contributed by atoms with van der Waals surface area (Å²) in [4.78, 5) is 30.5. The van der Waals surface area contributed by atoms with Crippen LogP contribution in [-0.2, 0) is 6.54 Å². The fourth-order valence-electron chi connectivity index (χ4n) is 2.60. The molecule has 0 aliphatic heterocycles. The van der Waals surface area contributed by atoms with E-state index in [0.717, 1.165) is 12.8 Å². The van der Waals surface area contributed by atoms with Crippen LogP contribution in [0.5, 0.6) is 11.5 Å². The molecule has 0 atom stereocenters. The van der Waals surface area contributed by atoms with Crippen molar-refractivity contribution in [1.82, 2.24) is 15.2 Å². The number of nitrogens with one attached hydrogen (secondary N) is 2. The molecule has 0 unspecified atom stereocenters. The number of anilines is 1. The van der Waals surface area contributed by atoms with Gasteiger partial charge in [0.25, 0.3) is 5.91 Å². The van der Waals surface area contributed by atoms with Gasteiger partial charge in [0, 0.05) is 19.2 Å². The second-order valence-electron chi connectivity index (χ2n) is 6.30. The van der Waals surface area contributed by atoms with E-state index in [1.165, 1.54) is 13.4 Å². The summed E-state index contributed by atoms with van der Waals surface area (Å²) in [6.45, 7) is 5.12. The van der Waals surface area contributed by atoms with Crippen LogP contribution < -0.4 is 20.1 Å². The molecule has 9 heteroatoms. The molecule has 3 amide bonds. The lowest BCUT2D eigenvalue weighted by Gasteiger charge is -2.22. The van der Waals surface area contributed by atoms with Crippen molar-refractivity contribution < 1.29 is 23.5 Å². The topological polar surface area (TPSA) is 106 Å². The summed E-state index contributed by atoms with van der Waals surface area (Å²) >= 11 is 0. The van der Waals surface area contributed by atoms with Gasteiger partial charge in [-0.15, -0.1) is 0 Å². The first-order valence-electron chi connectivity index (χ1n) is 9.52. The van der Waals surface area contributed by atoms with Crippen LogP contribution >= 0.6 is 0 Å². The first kappa shape index (κ1) is 22.1. The molecule has 0 saturated carbocycles. The van der Waals surface area contributed by atoms with Crippen LogP contribution in [0.15, 0.2) is 28.9 Å². The number of hydrogen-bond acceptors (Lipinski definition) is 6. The predicted molar refractivity (Wildman–Crippen MR) is 108 cm³/mol. The number of oxazole rings is 1. The fourth-order valence-corrected chi connectivity index (χ4v) is 2.60. The minimum atomic E-state index is -0.328. The number of hydrogen-bond donors (Lipinski definition) is 2. The molecule has 0 fully saturated rings. The second kappa shape index (κ2) is 10.9. The zero-order chi connectivity index (χ0) is 21.2. The summed E-state index contributed by atoms with van der Waals surface area (Å²) in [7, 11) is 3.08. The van der Waals surface area contributed by atoms with Crippen LogP contribution in [-0.4, -0.2) is 49.1 Å². The van der Waals surface area contributed by atoms with Crippen molar-refractivity contribution in [3.8, 4) is 11.5 Å². The van der Waals surface area contributed by atoms with E-state index in [-0.39, 0.29) is 30.1 Å². The minimum Gasteiger partial charge on any atom is -0.497 e. The van der Waals surface area contributed by atoms with Crippen LogP contribution in [0, 0.1) is 0 Å². The Hall–Kier alpha value is -3.23. The van der Waals surface area contributed by atoms with Crippen molar-refractivity contribution in [1.29, 1.82) is 0 Å². The third-order valence-corrected chi connectivity index (χ3v) is 4.08. The largest absolute Gasteiger partial charge is 0.497 e. The van der Waals surface area contributed by atoms with Gasteiger partial charge in [0.1, 0.15) is 17.8 Å². The van der Waals surface area contributed by atoms with E-state index in [0.29, 0.717) is 30.3 Å². The Balaban J connectivity index is 2.08. The summed E-state index contributed by atoms with van der Waals surface area (Å²) in [6, 6.07) is 4.80. The van der Waals surface area contributed by atoms with Gasteiger partial charge in [-0.2, -0.15) is 0 Å². The van der Waals surface area contributed by atoms with E-state index < -0.39 is 0 Å². The molecule has 2 N–H and O–H groups in total. The number of carbonyl (C=O) groups is 2. The number of carbonyl (C=O) groups excluding carboxylic acids is 2. The zero-order valence-corrected chi connectivity index (χ0v) is 17.3. The fraction of sp³-hybridized carbons (Fsp3) is 0.450. The predicted octanol–water partition coefficient (Wildman–Crippen LogP) is 3.28.